The molecule has 0 bridgehead atoms. The Balaban J connectivity index is 3.98. The van der Waals surface area contributed by atoms with E-state index in [2.05, 4.69) is 23.7 Å². The molecule has 0 heterocycles. The van der Waals surface area contributed by atoms with Crippen molar-refractivity contribution in [2.45, 2.75) is 58.7 Å². The van der Waals surface area contributed by atoms with Crippen molar-refractivity contribution in [1.82, 2.24) is 0 Å². The van der Waals surface area contributed by atoms with Crippen molar-refractivity contribution in [2.75, 3.05) is 6.61 Å². The first-order chi connectivity index (χ1) is 11.5. The predicted octanol–water partition coefficient (Wildman–Crippen LogP) is 2.61. The fraction of sp³-hybridized carbons (Fsp3) is 0.550. The molecule has 0 saturated heterocycles. The molecule has 0 unspecified atom stereocenters. The second-order valence-corrected chi connectivity index (χ2v) is 5.49. The summed E-state index contributed by atoms with van der Waals surface area (Å²) in [4.78, 5) is 11.1. The molecule has 0 aromatic rings. The highest BCUT2D eigenvalue weighted by Gasteiger charge is 2.04. The van der Waals surface area contributed by atoms with Crippen LogP contribution in [0.3, 0.4) is 0 Å². The SMILES string of the molecule is CCOC(=O)CCC[C@H](O)C#C/C=C/C=C/[C@H](O)CC#CC(C)C. The second-order valence-electron chi connectivity index (χ2n) is 5.49. The third-order valence-electron chi connectivity index (χ3n) is 2.74. The van der Waals surface area contributed by atoms with Crippen LogP contribution in [0, 0.1) is 29.6 Å². The maximum absolute atomic E-state index is 11.1. The van der Waals surface area contributed by atoms with Gasteiger partial charge >= 0.3 is 5.97 Å². The lowest BCUT2D eigenvalue weighted by molar-refractivity contribution is -0.143. The van der Waals surface area contributed by atoms with E-state index in [4.69, 9.17) is 4.74 Å². The molecular weight excluding hydrogens is 304 g/mol. The van der Waals surface area contributed by atoms with E-state index in [0.29, 0.717) is 38.2 Å². The minimum atomic E-state index is -0.759. The van der Waals surface area contributed by atoms with Crippen LogP contribution in [0.4, 0.5) is 0 Å². The molecule has 0 amide bonds. The highest BCUT2D eigenvalue weighted by molar-refractivity contribution is 5.69. The van der Waals surface area contributed by atoms with Gasteiger partial charge in [-0.2, -0.15) is 0 Å². The van der Waals surface area contributed by atoms with Crippen molar-refractivity contribution in [3.63, 3.8) is 0 Å². The summed E-state index contributed by atoms with van der Waals surface area (Å²) in [5, 5.41) is 19.3. The summed E-state index contributed by atoms with van der Waals surface area (Å²) in [6.45, 7) is 6.14. The van der Waals surface area contributed by atoms with E-state index in [-0.39, 0.29) is 5.97 Å². The molecule has 4 heteroatoms. The van der Waals surface area contributed by atoms with E-state index in [1.54, 1.807) is 31.2 Å². The van der Waals surface area contributed by atoms with Crippen molar-refractivity contribution in [3.05, 3.63) is 24.3 Å². The van der Waals surface area contributed by atoms with E-state index in [1.165, 1.54) is 0 Å². The Bertz CT molecular complexity index is 523. The highest BCUT2D eigenvalue weighted by atomic mass is 16.5. The first-order valence-electron chi connectivity index (χ1n) is 8.30. The molecule has 2 atom stereocenters. The van der Waals surface area contributed by atoms with Crippen molar-refractivity contribution in [1.29, 1.82) is 0 Å². The van der Waals surface area contributed by atoms with Gasteiger partial charge in [-0.3, -0.25) is 4.79 Å². The third kappa shape index (κ3) is 14.9. The topological polar surface area (TPSA) is 66.8 Å². The van der Waals surface area contributed by atoms with E-state index in [0.717, 1.165) is 0 Å². The average molecular weight is 332 g/mol. The molecular formula is C20H28O4. The summed E-state index contributed by atoms with van der Waals surface area (Å²) in [6.07, 6.45) is 6.95. The quantitative estimate of drug-likeness (QED) is 0.407. The van der Waals surface area contributed by atoms with E-state index in [9.17, 15) is 15.0 Å². The van der Waals surface area contributed by atoms with Gasteiger partial charge in [-0.05, 0) is 25.8 Å². The number of rotatable bonds is 8. The van der Waals surface area contributed by atoms with E-state index < -0.39 is 12.2 Å². The lowest BCUT2D eigenvalue weighted by Gasteiger charge is -2.03. The van der Waals surface area contributed by atoms with Crippen LogP contribution in [0.15, 0.2) is 24.3 Å². The highest BCUT2D eigenvalue weighted by Crippen LogP contribution is 2.01. The zero-order valence-electron chi connectivity index (χ0n) is 14.8. The second kappa shape index (κ2) is 14.6. The molecule has 0 spiro atoms. The molecule has 0 aromatic carbocycles. The molecule has 4 nitrogen and oxygen atoms in total. The van der Waals surface area contributed by atoms with Crippen molar-refractivity contribution < 1.29 is 19.7 Å². The van der Waals surface area contributed by atoms with E-state index >= 15 is 0 Å². The van der Waals surface area contributed by atoms with Gasteiger partial charge in [-0.25, -0.2) is 0 Å². The number of hydrogen-bond donors (Lipinski definition) is 2. The summed E-state index contributed by atoms with van der Waals surface area (Å²) in [5.74, 6) is 11.4. The third-order valence-corrected chi connectivity index (χ3v) is 2.74. The maximum atomic E-state index is 11.1. The van der Waals surface area contributed by atoms with Crippen molar-refractivity contribution in [2.24, 2.45) is 5.92 Å². The van der Waals surface area contributed by atoms with E-state index in [1.807, 2.05) is 13.8 Å². The molecule has 0 aliphatic rings. The van der Waals surface area contributed by atoms with Crippen LogP contribution >= 0.6 is 0 Å². The number of carbonyl (C=O) groups is 1. The normalized spacial score (nSPS) is 13.2. The molecule has 0 fully saturated rings. The van der Waals surface area contributed by atoms with Crippen molar-refractivity contribution >= 4 is 5.97 Å². The standard InChI is InChI=1S/C20H28O4/c1-4-24-20(23)16-10-15-19(22)13-8-6-5-7-12-18(21)14-9-11-17(2)3/h5-7,12,17-19,21-22H,4,10,14-16H2,1-3H3/b6-5+,12-7+/t18-,19+/m0/s1. The number of aliphatic hydroxyl groups excluding tert-OH is 2. The zero-order valence-corrected chi connectivity index (χ0v) is 14.8. The molecule has 0 aliphatic heterocycles. The first-order valence-corrected chi connectivity index (χ1v) is 8.30. The lowest BCUT2D eigenvalue weighted by Crippen LogP contribution is -2.07. The maximum Gasteiger partial charge on any atom is 0.305 e. The van der Waals surface area contributed by atoms with Crippen LogP contribution in [-0.2, 0) is 9.53 Å². The van der Waals surface area contributed by atoms with Crippen LogP contribution in [0.25, 0.3) is 0 Å². The van der Waals surface area contributed by atoms with Gasteiger partial charge in [0.25, 0.3) is 0 Å². The molecule has 24 heavy (non-hydrogen) atoms. The number of ether oxygens (including phenoxy) is 1. The summed E-state index contributed by atoms with van der Waals surface area (Å²) in [6, 6.07) is 0. The Kier molecular flexibility index (Phi) is 13.4. The molecule has 0 saturated carbocycles. The van der Waals surface area contributed by atoms with Gasteiger partial charge in [0.1, 0.15) is 6.10 Å². The Labute approximate surface area is 145 Å². The van der Waals surface area contributed by atoms with Crippen LogP contribution in [0.2, 0.25) is 0 Å². The minimum absolute atomic E-state index is 0.251. The molecule has 2 N–H and O–H groups in total. The Morgan fingerprint density at radius 1 is 1.21 bits per heavy atom. The lowest BCUT2D eigenvalue weighted by atomic mass is 10.1. The van der Waals surface area contributed by atoms with Gasteiger partial charge in [0.05, 0.1) is 12.7 Å². The summed E-state index contributed by atoms with van der Waals surface area (Å²) in [5.41, 5.74) is 0. The van der Waals surface area contributed by atoms with Crippen molar-refractivity contribution in [3.8, 4) is 23.7 Å². The van der Waals surface area contributed by atoms with Gasteiger partial charge in [0.15, 0.2) is 0 Å². The number of aliphatic hydroxyl groups is 2. The zero-order chi connectivity index (χ0) is 18.2. The van der Waals surface area contributed by atoms with Gasteiger partial charge in [-0.1, -0.05) is 49.8 Å². The van der Waals surface area contributed by atoms with Crippen LogP contribution in [0.5, 0.6) is 0 Å². The van der Waals surface area contributed by atoms with Crippen LogP contribution < -0.4 is 0 Å². The van der Waals surface area contributed by atoms with Gasteiger partial charge in [-0.15, -0.1) is 5.92 Å². The average Bonchev–Trinajstić information content (AvgIpc) is 2.50. The number of allylic oxidation sites excluding steroid dienone is 3. The van der Waals surface area contributed by atoms with Gasteiger partial charge in [0.2, 0.25) is 0 Å². The molecule has 132 valence electrons. The molecule has 0 aliphatic carbocycles. The Morgan fingerprint density at radius 3 is 2.62 bits per heavy atom. The fourth-order valence-electron chi connectivity index (χ4n) is 1.62. The predicted molar refractivity (Wildman–Crippen MR) is 95.8 cm³/mol. The molecule has 0 rings (SSSR count). The summed E-state index contributed by atoms with van der Waals surface area (Å²) in [7, 11) is 0. The van der Waals surface area contributed by atoms with Crippen LogP contribution in [-0.4, -0.2) is 35.0 Å². The Hall–Kier alpha value is -2.01. The largest absolute Gasteiger partial charge is 0.466 e. The number of esters is 1. The molecule has 0 radical (unpaired) electrons. The number of carbonyl (C=O) groups excluding carboxylic acids is 1. The number of hydrogen-bond acceptors (Lipinski definition) is 4. The fourth-order valence-corrected chi connectivity index (χ4v) is 1.62. The van der Waals surface area contributed by atoms with Gasteiger partial charge < -0.3 is 14.9 Å². The summed E-state index contributed by atoms with van der Waals surface area (Å²) >= 11 is 0. The Morgan fingerprint density at radius 2 is 1.96 bits per heavy atom. The first kappa shape index (κ1) is 22.0. The monoisotopic (exact) mass is 332 g/mol. The smallest absolute Gasteiger partial charge is 0.305 e. The summed E-state index contributed by atoms with van der Waals surface area (Å²) < 4.78 is 4.80. The van der Waals surface area contributed by atoms with Gasteiger partial charge in [0, 0.05) is 18.8 Å². The van der Waals surface area contributed by atoms with Crippen LogP contribution in [0.1, 0.15) is 46.5 Å². The minimum Gasteiger partial charge on any atom is -0.466 e. The molecule has 0 aromatic heterocycles.